The Labute approximate surface area is 64.0 Å². The van der Waals surface area contributed by atoms with Crippen molar-refractivity contribution in [3.8, 4) is 0 Å². The maximum absolute atomic E-state index is 9.05. The Balaban J connectivity index is -0.0000000450. The fourth-order valence-corrected chi connectivity index (χ4v) is 0. The molecule has 0 rings (SSSR count). The predicted molar refractivity (Wildman–Crippen MR) is 12.0 cm³/mol. The van der Waals surface area contributed by atoms with Crippen molar-refractivity contribution in [2.75, 3.05) is 13.2 Å². The van der Waals surface area contributed by atoms with Crippen LogP contribution >= 0.6 is 0 Å². The van der Waals surface area contributed by atoms with E-state index in [4.69, 9.17) is 10.2 Å². The second-order valence-corrected chi connectivity index (χ2v) is 0.428. The summed E-state index contributed by atoms with van der Waals surface area (Å²) in [6.07, 6.45) is 0. The third-order valence-corrected chi connectivity index (χ3v) is 0.0913. The van der Waals surface area contributed by atoms with E-state index in [0.717, 1.165) is 0 Å². The molecule has 0 bridgehead atoms. The molecule has 0 saturated carbocycles. The monoisotopic (exact) mass is 116 g/mol. The smallest absolute Gasteiger partial charge is 0.853 e. The molecule has 4 heteroatoms. The molecule has 0 fully saturated rings. The van der Waals surface area contributed by atoms with Crippen LogP contribution in [0.2, 0.25) is 0 Å². The summed E-state index contributed by atoms with van der Waals surface area (Å²) < 4.78 is 0. The van der Waals surface area contributed by atoms with Crippen LogP contribution in [0.4, 0.5) is 0 Å². The van der Waals surface area contributed by atoms with Crippen LogP contribution in [0.5, 0.6) is 0 Å². The van der Waals surface area contributed by atoms with E-state index in [0.29, 0.717) is 0 Å². The minimum atomic E-state index is -0.375. The van der Waals surface area contributed by atoms with E-state index < -0.39 is 0 Å². The van der Waals surface area contributed by atoms with Crippen LogP contribution in [0.3, 0.4) is 0 Å². The molecule has 0 aliphatic rings. The fourth-order valence-electron chi connectivity index (χ4n) is 0. The molecule has 0 aromatic heterocycles. The van der Waals surface area contributed by atoms with Gasteiger partial charge in [0.15, 0.2) is 0 Å². The van der Waals surface area contributed by atoms with Gasteiger partial charge in [0.1, 0.15) is 0 Å². The van der Waals surface area contributed by atoms with Crippen molar-refractivity contribution < 1.29 is 50.8 Å². The SMILES string of the molecule is [Li+].[O-]CCO.[Ti]. The van der Waals surface area contributed by atoms with Crippen molar-refractivity contribution in [1.82, 2.24) is 0 Å². The third-order valence-electron chi connectivity index (χ3n) is 0.0913. The van der Waals surface area contributed by atoms with Gasteiger partial charge in [0.25, 0.3) is 0 Å². The minimum absolute atomic E-state index is 0. The Morgan fingerprint density at radius 2 is 1.67 bits per heavy atom. The van der Waals surface area contributed by atoms with Crippen molar-refractivity contribution in [2.45, 2.75) is 0 Å². The van der Waals surface area contributed by atoms with E-state index in [9.17, 15) is 0 Å². The van der Waals surface area contributed by atoms with Crippen LogP contribution in [0.25, 0.3) is 0 Å². The van der Waals surface area contributed by atoms with Gasteiger partial charge in [-0.15, -0.1) is 6.61 Å². The van der Waals surface area contributed by atoms with Crippen molar-refractivity contribution in [2.24, 2.45) is 0 Å². The van der Waals surface area contributed by atoms with Gasteiger partial charge < -0.3 is 10.2 Å². The Hall–Kier alpha value is 1.23. The molecule has 0 atom stereocenters. The summed E-state index contributed by atoms with van der Waals surface area (Å²) in [5.41, 5.74) is 0. The Morgan fingerprint density at radius 3 is 1.67 bits per heavy atom. The molecule has 0 amide bonds. The van der Waals surface area contributed by atoms with Crippen LogP contribution in [0.15, 0.2) is 0 Å². The van der Waals surface area contributed by atoms with Gasteiger partial charge in [-0.3, -0.25) is 0 Å². The molecule has 0 aliphatic carbocycles. The molecule has 0 aromatic carbocycles. The molecule has 0 unspecified atom stereocenters. The number of hydrogen-bond donors (Lipinski definition) is 1. The minimum Gasteiger partial charge on any atom is -0.853 e. The molecule has 1 N–H and O–H groups in total. The quantitative estimate of drug-likeness (QED) is 0.350. The topological polar surface area (TPSA) is 43.3 Å². The molecule has 0 saturated heterocycles. The molecule has 0 spiro atoms. The third kappa shape index (κ3) is 18.8. The van der Waals surface area contributed by atoms with E-state index in [1.54, 1.807) is 0 Å². The van der Waals surface area contributed by atoms with Gasteiger partial charge in [-0.05, 0) is 0 Å². The van der Waals surface area contributed by atoms with Gasteiger partial charge in [-0.2, -0.15) is 0 Å². The van der Waals surface area contributed by atoms with E-state index in [1.807, 2.05) is 0 Å². The second-order valence-electron chi connectivity index (χ2n) is 0.428. The maximum atomic E-state index is 9.05. The summed E-state index contributed by atoms with van der Waals surface area (Å²) in [6.45, 7) is -0.611. The van der Waals surface area contributed by atoms with Gasteiger partial charge in [-0.1, -0.05) is 0 Å². The number of aliphatic hydroxyl groups excluding tert-OH is 1. The number of aliphatic hydroxyl groups is 1. The summed E-state index contributed by atoms with van der Waals surface area (Å²) >= 11 is 0. The average Bonchev–Trinajstić information content (AvgIpc) is 1.37. The van der Waals surface area contributed by atoms with E-state index in [1.165, 1.54) is 0 Å². The number of hydrogen-bond acceptors (Lipinski definition) is 2. The molecule has 6 heavy (non-hydrogen) atoms. The Morgan fingerprint density at radius 1 is 1.50 bits per heavy atom. The predicted octanol–water partition coefficient (Wildman–Crippen LogP) is -4.66. The van der Waals surface area contributed by atoms with Crippen molar-refractivity contribution in [3.63, 3.8) is 0 Å². The van der Waals surface area contributed by atoms with Gasteiger partial charge in [0, 0.05) is 28.3 Å². The molecule has 30 valence electrons. The zero-order valence-electron chi connectivity index (χ0n) is 3.77. The van der Waals surface area contributed by atoms with Crippen LogP contribution < -0.4 is 24.0 Å². The maximum Gasteiger partial charge on any atom is 1.00 e. The largest absolute Gasteiger partial charge is 1.00 e. The first-order valence-electron chi connectivity index (χ1n) is 1.10. The standard InChI is InChI=1S/C2H5O2.Li.Ti/c3-1-2-4;;/h3H,1-2H2;;/q-1;+1;. The zero-order chi connectivity index (χ0) is 3.41. The van der Waals surface area contributed by atoms with Gasteiger partial charge in [0.2, 0.25) is 0 Å². The van der Waals surface area contributed by atoms with Gasteiger partial charge in [0.05, 0.1) is 0 Å². The molecule has 0 aliphatic heterocycles. The van der Waals surface area contributed by atoms with E-state index in [2.05, 4.69) is 0 Å². The fraction of sp³-hybridized carbons (Fsp3) is 1.00. The summed E-state index contributed by atoms with van der Waals surface area (Å²) in [5, 5.41) is 16.6. The molecule has 2 nitrogen and oxygen atoms in total. The van der Waals surface area contributed by atoms with Crippen molar-refractivity contribution >= 4 is 0 Å². The van der Waals surface area contributed by atoms with Crippen molar-refractivity contribution in [3.05, 3.63) is 0 Å². The molecule has 0 radical (unpaired) electrons. The van der Waals surface area contributed by atoms with Crippen LogP contribution in [-0.2, 0) is 21.7 Å². The summed E-state index contributed by atoms with van der Waals surface area (Å²) in [5.74, 6) is 0. The van der Waals surface area contributed by atoms with Gasteiger partial charge >= 0.3 is 18.9 Å². The summed E-state index contributed by atoms with van der Waals surface area (Å²) in [7, 11) is 0. The normalized spacial score (nSPS) is 5.00. The van der Waals surface area contributed by atoms with Gasteiger partial charge in [-0.25, -0.2) is 0 Å². The van der Waals surface area contributed by atoms with Crippen LogP contribution in [0.1, 0.15) is 0 Å². The first kappa shape index (κ1) is 15.7. The molecule has 0 aromatic rings. The summed E-state index contributed by atoms with van der Waals surface area (Å²) in [6, 6.07) is 0. The van der Waals surface area contributed by atoms with Crippen molar-refractivity contribution in [1.29, 1.82) is 0 Å². The first-order valence-corrected chi connectivity index (χ1v) is 1.10. The van der Waals surface area contributed by atoms with Crippen LogP contribution in [-0.4, -0.2) is 18.3 Å². The molecular formula is C2H5LiO2Ti. The molecule has 0 heterocycles. The zero-order valence-corrected chi connectivity index (χ0v) is 5.33. The average molecular weight is 116 g/mol. The Bertz CT molecular complexity index is 13.5. The first-order chi connectivity index (χ1) is 1.91. The Kier molecular flexibility index (Phi) is 42.7. The molecular weight excluding hydrogens is 111 g/mol. The number of rotatable bonds is 1. The van der Waals surface area contributed by atoms with Crippen LogP contribution in [0, 0.1) is 0 Å². The second kappa shape index (κ2) is 16.3. The van der Waals surface area contributed by atoms with E-state index in [-0.39, 0.29) is 53.8 Å². The van der Waals surface area contributed by atoms with E-state index >= 15 is 0 Å². The summed E-state index contributed by atoms with van der Waals surface area (Å²) in [4.78, 5) is 0.